The molecule has 7 heteroatoms. The van der Waals surface area contributed by atoms with Crippen LogP contribution in [0.25, 0.3) is 0 Å². The Kier molecular flexibility index (Phi) is 6.67. The van der Waals surface area contributed by atoms with Crippen LogP contribution in [-0.4, -0.2) is 40.3 Å². The SMILES string of the molecule is Cc1ccn(CC2CCCNC2)c(=O)c1C(=O)NCCCc1c(C)n[nH]c1C. The zero-order chi connectivity index (χ0) is 20.1. The van der Waals surface area contributed by atoms with Gasteiger partial charge in [0.1, 0.15) is 5.56 Å². The highest BCUT2D eigenvalue weighted by molar-refractivity contribution is 5.95. The van der Waals surface area contributed by atoms with Crippen molar-refractivity contribution in [2.24, 2.45) is 5.92 Å². The summed E-state index contributed by atoms with van der Waals surface area (Å²) >= 11 is 0. The first-order valence-corrected chi connectivity index (χ1v) is 10.2. The van der Waals surface area contributed by atoms with Crippen molar-refractivity contribution in [3.63, 3.8) is 0 Å². The summed E-state index contributed by atoms with van der Waals surface area (Å²) in [6.07, 6.45) is 5.71. The molecule has 28 heavy (non-hydrogen) atoms. The zero-order valence-corrected chi connectivity index (χ0v) is 17.1. The molecular weight excluding hydrogens is 354 g/mol. The average Bonchev–Trinajstić information content (AvgIpc) is 3.00. The number of rotatable bonds is 7. The highest BCUT2D eigenvalue weighted by Crippen LogP contribution is 2.13. The Morgan fingerprint density at radius 2 is 2.18 bits per heavy atom. The first-order valence-electron chi connectivity index (χ1n) is 10.2. The van der Waals surface area contributed by atoms with Gasteiger partial charge in [-0.3, -0.25) is 14.7 Å². The summed E-state index contributed by atoms with van der Waals surface area (Å²) in [5.41, 5.74) is 4.08. The van der Waals surface area contributed by atoms with E-state index in [-0.39, 0.29) is 17.0 Å². The molecule has 1 unspecified atom stereocenters. The molecule has 1 aliphatic rings. The lowest BCUT2D eigenvalue weighted by atomic mass is 9.99. The summed E-state index contributed by atoms with van der Waals surface area (Å²) in [5.74, 6) is 0.158. The predicted molar refractivity (Wildman–Crippen MR) is 110 cm³/mol. The lowest BCUT2D eigenvalue weighted by molar-refractivity contribution is 0.0950. The van der Waals surface area contributed by atoms with Gasteiger partial charge in [-0.1, -0.05) is 0 Å². The van der Waals surface area contributed by atoms with Gasteiger partial charge in [-0.2, -0.15) is 5.10 Å². The van der Waals surface area contributed by atoms with Crippen molar-refractivity contribution in [2.45, 2.75) is 53.0 Å². The van der Waals surface area contributed by atoms with Gasteiger partial charge < -0.3 is 15.2 Å². The van der Waals surface area contributed by atoms with E-state index in [0.29, 0.717) is 19.0 Å². The molecular formula is C21H31N5O2. The third-order valence-electron chi connectivity index (χ3n) is 5.62. The molecule has 0 bridgehead atoms. The van der Waals surface area contributed by atoms with Gasteiger partial charge in [0.15, 0.2) is 0 Å². The molecule has 1 aliphatic heterocycles. The highest BCUT2D eigenvalue weighted by Gasteiger charge is 2.19. The fraction of sp³-hybridized carbons (Fsp3) is 0.571. The number of pyridine rings is 1. The van der Waals surface area contributed by atoms with Crippen LogP contribution in [0.4, 0.5) is 0 Å². The van der Waals surface area contributed by atoms with Crippen LogP contribution in [0.2, 0.25) is 0 Å². The molecule has 3 heterocycles. The van der Waals surface area contributed by atoms with Crippen LogP contribution >= 0.6 is 0 Å². The summed E-state index contributed by atoms with van der Waals surface area (Å²) in [6, 6.07) is 1.87. The summed E-state index contributed by atoms with van der Waals surface area (Å²) in [6.45, 7) is 8.97. The molecule has 0 saturated carbocycles. The lowest BCUT2D eigenvalue weighted by Gasteiger charge is -2.23. The Balaban J connectivity index is 1.60. The van der Waals surface area contributed by atoms with Crippen LogP contribution < -0.4 is 16.2 Å². The van der Waals surface area contributed by atoms with Gasteiger partial charge in [0.2, 0.25) is 0 Å². The number of aryl methyl sites for hydroxylation is 3. The Morgan fingerprint density at radius 1 is 1.36 bits per heavy atom. The van der Waals surface area contributed by atoms with Crippen molar-refractivity contribution in [2.75, 3.05) is 19.6 Å². The van der Waals surface area contributed by atoms with Crippen molar-refractivity contribution in [1.82, 2.24) is 25.4 Å². The number of piperidine rings is 1. The topological polar surface area (TPSA) is 91.8 Å². The normalized spacial score (nSPS) is 16.9. The summed E-state index contributed by atoms with van der Waals surface area (Å²) < 4.78 is 1.69. The number of H-pyrrole nitrogens is 1. The fourth-order valence-electron chi connectivity index (χ4n) is 3.94. The monoisotopic (exact) mass is 385 g/mol. The van der Waals surface area contributed by atoms with Crippen molar-refractivity contribution in [3.8, 4) is 0 Å². The maximum absolute atomic E-state index is 12.9. The molecule has 152 valence electrons. The Labute approximate surface area is 165 Å². The van der Waals surface area contributed by atoms with E-state index >= 15 is 0 Å². The molecule has 1 saturated heterocycles. The van der Waals surface area contributed by atoms with E-state index in [1.54, 1.807) is 4.57 Å². The average molecular weight is 386 g/mol. The third-order valence-corrected chi connectivity index (χ3v) is 5.62. The molecule has 7 nitrogen and oxygen atoms in total. The van der Waals surface area contributed by atoms with E-state index in [2.05, 4.69) is 20.8 Å². The van der Waals surface area contributed by atoms with Gasteiger partial charge in [-0.15, -0.1) is 0 Å². The number of nitrogens with zero attached hydrogens (tertiary/aromatic N) is 2. The van der Waals surface area contributed by atoms with Gasteiger partial charge in [0.25, 0.3) is 11.5 Å². The first-order chi connectivity index (χ1) is 13.5. The number of hydrogen-bond acceptors (Lipinski definition) is 4. The Hall–Kier alpha value is -2.41. The Bertz CT molecular complexity index is 858. The van der Waals surface area contributed by atoms with E-state index in [1.165, 1.54) is 5.56 Å². The second-order valence-electron chi connectivity index (χ2n) is 7.82. The van der Waals surface area contributed by atoms with Crippen LogP contribution in [0.5, 0.6) is 0 Å². The second-order valence-corrected chi connectivity index (χ2v) is 7.82. The minimum Gasteiger partial charge on any atom is -0.352 e. The van der Waals surface area contributed by atoms with E-state index < -0.39 is 0 Å². The number of amides is 1. The van der Waals surface area contributed by atoms with E-state index in [1.807, 2.05) is 33.0 Å². The van der Waals surface area contributed by atoms with Gasteiger partial charge in [0.05, 0.1) is 5.69 Å². The quantitative estimate of drug-likeness (QED) is 0.635. The van der Waals surface area contributed by atoms with Crippen molar-refractivity contribution < 1.29 is 4.79 Å². The molecule has 0 spiro atoms. The van der Waals surface area contributed by atoms with Gasteiger partial charge >= 0.3 is 0 Å². The van der Waals surface area contributed by atoms with Crippen molar-refractivity contribution >= 4 is 5.91 Å². The standard InChI is InChI=1S/C21H31N5O2/c1-14-8-11-26(13-17-6-4-9-22-12-17)21(28)19(14)20(27)23-10-5-7-18-15(2)24-25-16(18)3/h8,11,17,22H,4-7,9-10,12-13H2,1-3H3,(H,23,27)(H,24,25). The molecule has 1 atom stereocenters. The number of aromatic nitrogens is 3. The zero-order valence-electron chi connectivity index (χ0n) is 17.1. The van der Waals surface area contributed by atoms with Crippen LogP contribution in [0.15, 0.2) is 17.1 Å². The van der Waals surface area contributed by atoms with Crippen LogP contribution in [0, 0.1) is 26.7 Å². The highest BCUT2D eigenvalue weighted by atomic mass is 16.2. The van der Waals surface area contributed by atoms with E-state index in [9.17, 15) is 9.59 Å². The number of carbonyl (C=O) groups excluding carboxylic acids is 1. The maximum atomic E-state index is 12.9. The number of aromatic amines is 1. The number of nitrogens with one attached hydrogen (secondary N) is 3. The van der Waals surface area contributed by atoms with Crippen molar-refractivity contribution in [3.05, 3.63) is 50.7 Å². The molecule has 1 amide bonds. The largest absolute Gasteiger partial charge is 0.352 e. The molecule has 3 N–H and O–H groups in total. The number of hydrogen-bond donors (Lipinski definition) is 3. The minimum absolute atomic E-state index is 0.190. The Morgan fingerprint density at radius 3 is 2.86 bits per heavy atom. The molecule has 3 rings (SSSR count). The third kappa shape index (κ3) is 4.70. The van der Waals surface area contributed by atoms with E-state index in [0.717, 1.165) is 55.7 Å². The van der Waals surface area contributed by atoms with Crippen LogP contribution in [0.3, 0.4) is 0 Å². The molecule has 2 aromatic rings. The first kappa shape index (κ1) is 20.3. The summed E-state index contributed by atoms with van der Waals surface area (Å²) in [7, 11) is 0. The maximum Gasteiger partial charge on any atom is 0.263 e. The minimum atomic E-state index is -0.278. The predicted octanol–water partition coefficient (Wildman–Crippen LogP) is 1.86. The molecule has 1 fully saturated rings. The summed E-state index contributed by atoms with van der Waals surface area (Å²) in [5, 5.41) is 13.5. The van der Waals surface area contributed by atoms with Gasteiger partial charge in [0, 0.05) is 25.0 Å². The second kappa shape index (κ2) is 9.19. The fourth-order valence-corrected chi connectivity index (χ4v) is 3.94. The van der Waals surface area contributed by atoms with Gasteiger partial charge in [-0.05, 0) is 82.7 Å². The molecule has 0 aromatic carbocycles. The van der Waals surface area contributed by atoms with Crippen molar-refractivity contribution in [1.29, 1.82) is 0 Å². The van der Waals surface area contributed by atoms with Crippen LogP contribution in [-0.2, 0) is 13.0 Å². The van der Waals surface area contributed by atoms with E-state index in [4.69, 9.17) is 0 Å². The summed E-state index contributed by atoms with van der Waals surface area (Å²) in [4.78, 5) is 25.6. The molecule has 0 aliphatic carbocycles. The smallest absolute Gasteiger partial charge is 0.263 e. The lowest BCUT2D eigenvalue weighted by Crippen LogP contribution is -2.38. The van der Waals surface area contributed by atoms with Crippen LogP contribution in [0.1, 0.15) is 52.1 Å². The van der Waals surface area contributed by atoms with Gasteiger partial charge in [-0.25, -0.2) is 0 Å². The molecule has 0 radical (unpaired) electrons. The molecule has 2 aromatic heterocycles. The number of carbonyl (C=O) groups is 1.